The Morgan fingerprint density at radius 2 is 1.81 bits per heavy atom. The third-order valence-electron chi connectivity index (χ3n) is 2.76. The molecule has 0 bridgehead atoms. The Morgan fingerprint density at radius 3 is 2.43 bits per heavy atom. The summed E-state index contributed by atoms with van der Waals surface area (Å²) in [7, 11) is 1.60. The van der Waals surface area contributed by atoms with Crippen molar-refractivity contribution < 1.29 is 9.57 Å². The molecule has 0 aliphatic carbocycles. The molecule has 2 rings (SSSR count). The highest BCUT2D eigenvalue weighted by Crippen LogP contribution is 2.22. The van der Waals surface area contributed by atoms with Gasteiger partial charge in [-0.25, -0.2) is 0 Å². The van der Waals surface area contributed by atoms with Crippen LogP contribution in [0.1, 0.15) is 11.1 Å². The first-order valence-corrected chi connectivity index (χ1v) is 6.89. The van der Waals surface area contributed by atoms with Crippen LogP contribution in [0.4, 0.5) is 0 Å². The standard InChI is InChI=1S/C15H14Cl2N2O2/c1-20-12-5-3-11(4-6-12)15(18)19-21-9-10-2-7-13(16)14(17)8-10/h2-8H,9H2,1H3,(H2,18,19). The van der Waals surface area contributed by atoms with E-state index in [0.29, 0.717) is 10.0 Å². The van der Waals surface area contributed by atoms with E-state index in [9.17, 15) is 0 Å². The molecule has 0 amide bonds. The van der Waals surface area contributed by atoms with E-state index in [1.165, 1.54) is 0 Å². The van der Waals surface area contributed by atoms with Crippen molar-refractivity contribution in [3.63, 3.8) is 0 Å². The molecule has 21 heavy (non-hydrogen) atoms. The van der Waals surface area contributed by atoms with Crippen LogP contribution in [0.3, 0.4) is 0 Å². The Hall–Kier alpha value is -1.91. The van der Waals surface area contributed by atoms with Gasteiger partial charge in [-0.1, -0.05) is 34.4 Å². The van der Waals surface area contributed by atoms with E-state index in [2.05, 4.69) is 5.16 Å². The van der Waals surface area contributed by atoms with Crippen molar-refractivity contribution in [3.05, 3.63) is 63.6 Å². The summed E-state index contributed by atoms with van der Waals surface area (Å²) in [6, 6.07) is 12.5. The summed E-state index contributed by atoms with van der Waals surface area (Å²) < 4.78 is 5.07. The summed E-state index contributed by atoms with van der Waals surface area (Å²) in [6.07, 6.45) is 0. The lowest BCUT2D eigenvalue weighted by molar-refractivity contribution is 0.130. The van der Waals surface area contributed by atoms with Crippen molar-refractivity contribution >= 4 is 29.0 Å². The van der Waals surface area contributed by atoms with Crippen LogP contribution in [-0.2, 0) is 11.4 Å². The first-order valence-electron chi connectivity index (χ1n) is 6.14. The second-order valence-corrected chi connectivity index (χ2v) is 5.04. The maximum absolute atomic E-state index is 5.92. The second kappa shape index (κ2) is 7.20. The number of halogens is 2. The van der Waals surface area contributed by atoms with Gasteiger partial charge >= 0.3 is 0 Å². The smallest absolute Gasteiger partial charge is 0.170 e. The van der Waals surface area contributed by atoms with Gasteiger partial charge in [0.1, 0.15) is 12.4 Å². The Kier molecular flexibility index (Phi) is 5.31. The molecular weight excluding hydrogens is 311 g/mol. The van der Waals surface area contributed by atoms with E-state index in [1.54, 1.807) is 43.5 Å². The lowest BCUT2D eigenvalue weighted by Crippen LogP contribution is -2.13. The molecule has 6 heteroatoms. The Bertz CT molecular complexity index is 643. The van der Waals surface area contributed by atoms with Crippen LogP contribution in [0.5, 0.6) is 5.75 Å². The third-order valence-corrected chi connectivity index (χ3v) is 3.50. The molecule has 0 heterocycles. The molecule has 2 aromatic carbocycles. The van der Waals surface area contributed by atoms with E-state index in [1.807, 2.05) is 6.07 Å². The molecule has 0 aliphatic heterocycles. The third kappa shape index (κ3) is 4.28. The van der Waals surface area contributed by atoms with Crippen molar-refractivity contribution in [2.75, 3.05) is 7.11 Å². The molecule has 0 aliphatic rings. The summed E-state index contributed by atoms with van der Waals surface area (Å²) in [5.74, 6) is 1.04. The highest BCUT2D eigenvalue weighted by atomic mass is 35.5. The van der Waals surface area contributed by atoms with E-state index in [4.69, 9.17) is 38.5 Å². The number of amidine groups is 1. The number of nitrogens with zero attached hydrogens (tertiary/aromatic N) is 1. The number of methoxy groups -OCH3 is 1. The fourth-order valence-corrected chi connectivity index (χ4v) is 1.94. The molecular formula is C15H14Cl2N2O2. The number of hydrogen-bond donors (Lipinski definition) is 1. The van der Waals surface area contributed by atoms with Crippen LogP contribution < -0.4 is 10.5 Å². The highest BCUT2D eigenvalue weighted by molar-refractivity contribution is 6.42. The van der Waals surface area contributed by atoms with Crippen molar-refractivity contribution in [1.82, 2.24) is 0 Å². The minimum Gasteiger partial charge on any atom is -0.497 e. The van der Waals surface area contributed by atoms with Crippen molar-refractivity contribution in [3.8, 4) is 5.75 Å². The van der Waals surface area contributed by atoms with Gasteiger partial charge in [0, 0.05) is 5.56 Å². The van der Waals surface area contributed by atoms with E-state index < -0.39 is 0 Å². The average molecular weight is 325 g/mol. The minimum absolute atomic E-state index is 0.258. The normalized spacial score (nSPS) is 11.3. The molecule has 0 radical (unpaired) electrons. The van der Waals surface area contributed by atoms with Crippen LogP contribution in [0, 0.1) is 0 Å². The molecule has 0 saturated heterocycles. The van der Waals surface area contributed by atoms with Gasteiger partial charge in [0.2, 0.25) is 0 Å². The van der Waals surface area contributed by atoms with Gasteiger partial charge in [0.15, 0.2) is 5.84 Å². The van der Waals surface area contributed by atoms with E-state index in [-0.39, 0.29) is 12.4 Å². The highest BCUT2D eigenvalue weighted by Gasteiger charge is 2.02. The molecule has 0 spiro atoms. The fourth-order valence-electron chi connectivity index (χ4n) is 1.62. The number of oxime groups is 1. The van der Waals surface area contributed by atoms with Gasteiger partial charge in [-0.15, -0.1) is 0 Å². The molecule has 0 fully saturated rings. The predicted octanol–water partition coefficient (Wildman–Crippen LogP) is 3.84. The van der Waals surface area contributed by atoms with Crippen LogP contribution in [0.25, 0.3) is 0 Å². The van der Waals surface area contributed by atoms with Gasteiger partial charge in [0.25, 0.3) is 0 Å². The summed E-state index contributed by atoms with van der Waals surface area (Å²) in [4.78, 5) is 5.22. The fraction of sp³-hybridized carbons (Fsp3) is 0.133. The lowest BCUT2D eigenvalue weighted by Gasteiger charge is -2.05. The van der Waals surface area contributed by atoms with E-state index in [0.717, 1.165) is 16.9 Å². The molecule has 110 valence electrons. The van der Waals surface area contributed by atoms with Crippen molar-refractivity contribution in [2.45, 2.75) is 6.61 Å². The molecule has 0 unspecified atom stereocenters. The van der Waals surface area contributed by atoms with E-state index >= 15 is 0 Å². The van der Waals surface area contributed by atoms with Crippen LogP contribution in [0.15, 0.2) is 47.6 Å². The summed E-state index contributed by atoms with van der Waals surface area (Å²) in [5, 5.41) is 4.85. The summed E-state index contributed by atoms with van der Waals surface area (Å²) >= 11 is 11.8. The number of hydrogen-bond acceptors (Lipinski definition) is 3. The Morgan fingerprint density at radius 1 is 1.10 bits per heavy atom. The lowest BCUT2D eigenvalue weighted by atomic mass is 10.2. The molecule has 0 atom stereocenters. The number of rotatable bonds is 5. The molecule has 0 saturated carbocycles. The first kappa shape index (κ1) is 15.5. The quantitative estimate of drug-likeness (QED) is 0.516. The van der Waals surface area contributed by atoms with Gasteiger partial charge < -0.3 is 15.3 Å². The summed E-state index contributed by atoms with van der Waals surface area (Å²) in [6.45, 7) is 0.258. The van der Waals surface area contributed by atoms with Gasteiger partial charge in [-0.2, -0.15) is 0 Å². The zero-order valence-corrected chi connectivity index (χ0v) is 12.9. The largest absolute Gasteiger partial charge is 0.497 e. The zero-order valence-electron chi connectivity index (χ0n) is 11.3. The minimum atomic E-state index is 0.258. The van der Waals surface area contributed by atoms with Gasteiger partial charge in [-0.3, -0.25) is 0 Å². The summed E-state index contributed by atoms with van der Waals surface area (Å²) in [5.41, 5.74) is 7.45. The number of benzene rings is 2. The topological polar surface area (TPSA) is 56.8 Å². The molecule has 2 N–H and O–H groups in total. The van der Waals surface area contributed by atoms with Crippen LogP contribution >= 0.6 is 23.2 Å². The average Bonchev–Trinajstić information content (AvgIpc) is 2.51. The van der Waals surface area contributed by atoms with Crippen molar-refractivity contribution in [2.24, 2.45) is 10.9 Å². The second-order valence-electron chi connectivity index (χ2n) is 4.23. The predicted molar refractivity (Wildman–Crippen MR) is 85.0 cm³/mol. The van der Waals surface area contributed by atoms with Gasteiger partial charge in [-0.05, 0) is 42.0 Å². The molecule has 2 aromatic rings. The Balaban J connectivity index is 1.97. The SMILES string of the molecule is COc1ccc(/C(N)=N/OCc2ccc(Cl)c(Cl)c2)cc1. The monoisotopic (exact) mass is 324 g/mol. The van der Waals surface area contributed by atoms with Crippen molar-refractivity contribution in [1.29, 1.82) is 0 Å². The Labute approximate surface area is 133 Å². The molecule has 0 aromatic heterocycles. The van der Waals surface area contributed by atoms with Crippen LogP contribution in [0.2, 0.25) is 10.0 Å². The van der Waals surface area contributed by atoms with Crippen LogP contribution in [-0.4, -0.2) is 12.9 Å². The van der Waals surface area contributed by atoms with Gasteiger partial charge in [0.05, 0.1) is 17.2 Å². The first-order chi connectivity index (χ1) is 10.1. The number of nitrogens with two attached hydrogens (primary N) is 1. The maximum Gasteiger partial charge on any atom is 0.170 e. The maximum atomic E-state index is 5.92. The molecule has 4 nitrogen and oxygen atoms in total. The zero-order chi connectivity index (χ0) is 15.2. The number of ether oxygens (including phenoxy) is 1.